The van der Waals surface area contributed by atoms with Crippen LogP contribution in [0.5, 0.6) is 0 Å². The molecule has 3 nitrogen and oxygen atoms in total. The standard InChI is InChI=1S/C12H12BrClFN3/c1-16-5-4-10-11(13)12(18-17-10)8-6-7(14)2-3-9(8)15/h2-3,6,16H,4-5H2,1H3,(H,17,18). The summed E-state index contributed by atoms with van der Waals surface area (Å²) in [6.07, 6.45) is 0.784. The second-order valence-corrected chi connectivity index (χ2v) is 5.07. The van der Waals surface area contributed by atoms with Crippen molar-refractivity contribution in [2.24, 2.45) is 0 Å². The minimum absolute atomic E-state index is 0.341. The molecule has 1 heterocycles. The minimum Gasteiger partial charge on any atom is -0.319 e. The van der Waals surface area contributed by atoms with Gasteiger partial charge in [0.05, 0.1) is 10.2 Å². The van der Waals surface area contributed by atoms with Crippen molar-refractivity contribution < 1.29 is 4.39 Å². The van der Waals surface area contributed by atoms with Gasteiger partial charge in [-0.05, 0) is 41.2 Å². The van der Waals surface area contributed by atoms with Crippen molar-refractivity contribution in [2.45, 2.75) is 6.42 Å². The van der Waals surface area contributed by atoms with Crippen LogP contribution < -0.4 is 5.32 Å². The maximum absolute atomic E-state index is 13.8. The molecule has 0 aliphatic rings. The Kier molecular flexibility index (Phi) is 4.37. The Balaban J connectivity index is 2.39. The molecule has 1 aromatic carbocycles. The van der Waals surface area contributed by atoms with E-state index in [1.165, 1.54) is 12.1 Å². The van der Waals surface area contributed by atoms with E-state index in [1.54, 1.807) is 6.07 Å². The van der Waals surface area contributed by atoms with Crippen LogP contribution in [-0.4, -0.2) is 23.8 Å². The molecule has 18 heavy (non-hydrogen) atoms. The number of halogens is 3. The number of likely N-dealkylation sites (N-methyl/N-ethyl adjacent to an activating group) is 1. The number of rotatable bonds is 4. The molecule has 96 valence electrons. The number of hydrogen-bond donors (Lipinski definition) is 2. The molecule has 0 aliphatic heterocycles. The lowest BCUT2D eigenvalue weighted by Gasteiger charge is -2.02. The predicted octanol–water partition coefficient (Wildman–Crippen LogP) is 3.39. The smallest absolute Gasteiger partial charge is 0.132 e. The van der Waals surface area contributed by atoms with E-state index in [1.807, 2.05) is 7.05 Å². The Morgan fingerprint density at radius 3 is 3.00 bits per heavy atom. The van der Waals surface area contributed by atoms with Crippen molar-refractivity contribution in [2.75, 3.05) is 13.6 Å². The molecule has 1 aromatic heterocycles. The molecule has 0 saturated carbocycles. The molecule has 2 N–H and O–H groups in total. The van der Waals surface area contributed by atoms with Crippen LogP contribution in [-0.2, 0) is 6.42 Å². The molecule has 0 spiro atoms. The van der Waals surface area contributed by atoms with Crippen molar-refractivity contribution in [3.63, 3.8) is 0 Å². The van der Waals surface area contributed by atoms with Gasteiger partial charge in [0.2, 0.25) is 0 Å². The molecule has 0 radical (unpaired) electrons. The summed E-state index contributed by atoms with van der Waals surface area (Å²) >= 11 is 9.33. The van der Waals surface area contributed by atoms with Crippen LogP contribution in [0.15, 0.2) is 22.7 Å². The molecule has 2 aromatic rings. The quantitative estimate of drug-likeness (QED) is 0.901. The van der Waals surface area contributed by atoms with E-state index in [0.717, 1.165) is 23.1 Å². The van der Waals surface area contributed by atoms with Crippen LogP contribution in [0.25, 0.3) is 11.3 Å². The molecule has 6 heteroatoms. The lowest BCUT2D eigenvalue weighted by atomic mass is 10.1. The van der Waals surface area contributed by atoms with Crippen molar-refractivity contribution in [1.82, 2.24) is 15.5 Å². The second-order valence-electron chi connectivity index (χ2n) is 3.84. The Hall–Kier alpha value is -0.910. The summed E-state index contributed by atoms with van der Waals surface area (Å²) in [5.41, 5.74) is 1.86. The average Bonchev–Trinajstić information content (AvgIpc) is 2.71. The molecule has 0 fully saturated rings. The van der Waals surface area contributed by atoms with Gasteiger partial charge in [-0.2, -0.15) is 5.10 Å². The molecule has 0 aliphatic carbocycles. The average molecular weight is 333 g/mol. The number of nitrogens with one attached hydrogen (secondary N) is 2. The van der Waals surface area contributed by atoms with E-state index < -0.39 is 0 Å². The van der Waals surface area contributed by atoms with Gasteiger partial charge in [-0.3, -0.25) is 5.10 Å². The normalized spacial score (nSPS) is 10.9. The summed E-state index contributed by atoms with van der Waals surface area (Å²) in [7, 11) is 1.88. The van der Waals surface area contributed by atoms with E-state index in [9.17, 15) is 4.39 Å². The highest BCUT2D eigenvalue weighted by atomic mass is 79.9. The molecular weight excluding hydrogens is 321 g/mol. The summed E-state index contributed by atoms with van der Waals surface area (Å²) < 4.78 is 14.5. The molecular formula is C12H12BrClFN3. The lowest BCUT2D eigenvalue weighted by molar-refractivity contribution is 0.630. The molecule has 0 bridgehead atoms. The third-order valence-corrected chi connectivity index (χ3v) is 3.67. The van der Waals surface area contributed by atoms with Crippen LogP contribution >= 0.6 is 27.5 Å². The highest BCUT2D eigenvalue weighted by Crippen LogP contribution is 2.32. The fourth-order valence-electron chi connectivity index (χ4n) is 1.64. The number of H-pyrrole nitrogens is 1. The highest BCUT2D eigenvalue weighted by Gasteiger charge is 2.15. The van der Waals surface area contributed by atoms with Crippen molar-refractivity contribution in [3.8, 4) is 11.3 Å². The Labute approximate surface area is 118 Å². The van der Waals surface area contributed by atoms with E-state index in [0.29, 0.717) is 16.3 Å². The zero-order valence-electron chi connectivity index (χ0n) is 9.73. The van der Waals surface area contributed by atoms with Gasteiger partial charge in [0.1, 0.15) is 11.5 Å². The molecule has 0 saturated heterocycles. The first kappa shape index (κ1) is 13.5. The number of nitrogens with zero attached hydrogens (tertiary/aromatic N) is 1. The molecule has 0 unspecified atom stereocenters. The van der Waals surface area contributed by atoms with Gasteiger partial charge in [-0.25, -0.2) is 4.39 Å². The van der Waals surface area contributed by atoms with Gasteiger partial charge < -0.3 is 5.32 Å². The third kappa shape index (κ3) is 2.74. The zero-order valence-corrected chi connectivity index (χ0v) is 12.1. The second kappa shape index (κ2) is 5.82. The topological polar surface area (TPSA) is 40.7 Å². The van der Waals surface area contributed by atoms with Gasteiger partial charge in [0.25, 0.3) is 0 Å². The Morgan fingerprint density at radius 2 is 2.28 bits per heavy atom. The summed E-state index contributed by atoms with van der Waals surface area (Å²) in [6.45, 7) is 0.818. The highest BCUT2D eigenvalue weighted by molar-refractivity contribution is 9.10. The van der Waals surface area contributed by atoms with Crippen LogP contribution in [0.2, 0.25) is 5.02 Å². The van der Waals surface area contributed by atoms with E-state index >= 15 is 0 Å². The Morgan fingerprint density at radius 1 is 1.50 bits per heavy atom. The largest absolute Gasteiger partial charge is 0.319 e. The summed E-state index contributed by atoms with van der Waals surface area (Å²) in [6, 6.07) is 4.43. The van der Waals surface area contributed by atoms with Crippen LogP contribution in [0, 0.1) is 5.82 Å². The van der Waals surface area contributed by atoms with E-state index in [2.05, 4.69) is 31.4 Å². The maximum Gasteiger partial charge on any atom is 0.132 e. The first-order chi connectivity index (χ1) is 8.63. The number of aromatic amines is 1. The maximum atomic E-state index is 13.8. The molecule has 0 atom stereocenters. The first-order valence-corrected chi connectivity index (χ1v) is 6.63. The number of benzene rings is 1. The number of aromatic nitrogens is 2. The van der Waals surface area contributed by atoms with E-state index in [-0.39, 0.29) is 5.82 Å². The summed E-state index contributed by atoms with van der Waals surface area (Å²) in [5.74, 6) is -0.341. The van der Waals surface area contributed by atoms with Crippen molar-refractivity contribution in [1.29, 1.82) is 0 Å². The van der Waals surface area contributed by atoms with Crippen molar-refractivity contribution in [3.05, 3.63) is 39.2 Å². The number of hydrogen-bond acceptors (Lipinski definition) is 2. The Bertz CT molecular complexity index is 556. The first-order valence-electron chi connectivity index (χ1n) is 5.46. The monoisotopic (exact) mass is 331 g/mol. The van der Waals surface area contributed by atoms with Crippen LogP contribution in [0.3, 0.4) is 0 Å². The summed E-state index contributed by atoms with van der Waals surface area (Å²) in [4.78, 5) is 0. The summed E-state index contributed by atoms with van der Waals surface area (Å²) in [5, 5.41) is 10.6. The lowest BCUT2D eigenvalue weighted by Crippen LogP contribution is -2.10. The molecule has 0 amide bonds. The third-order valence-electron chi connectivity index (χ3n) is 2.58. The van der Waals surface area contributed by atoms with Gasteiger partial charge in [-0.15, -0.1) is 0 Å². The van der Waals surface area contributed by atoms with Gasteiger partial charge >= 0.3 is 0 Å². The van der Waals surface area contributed by atoms with Crippen LogP contribution in [0.1, 0.15) is 5.69 Å². The minimum atomic E-state index is -0.341. The SMILES string of the molecule is CNCCc1[nH]nc(-c2cc(Cl)ccc2F)c1Br. The zero-order chi connectivity index (χ0) is 13.1. The van der Waals surface area contributed by atoms with Gasteiger partial charge in [0, 0.05) is 23.6 Å². The van der Waals surface area contributed by atoms with Gasteiger partial charge in [0.15, 0.2) is 0 Å². The predicted molar refractivity (Wildman–Crippen MR) is 74.3 cm³/mol. The molecule has 2 rings (SSSR count). The van der Waals surface area contributed by atoms with Crippen molar-refractivity contribution >= 4 is 27.5 Å². The fourth-order valence-corrected chi connectivity index (χ4v) is 2.40. The van der Waals surface area contributed by atoms with Crippen LogP contribution in [0.4, 0.5) is 4.39 Å². The fraction of sp³-hybridized carbons (Fsp3) is 0.250. The van der Waals surface area contributed by atoms with E-state index in [4.69, 9.17) is 11.6 Å². The van der Waals surface area contributed by atoms with Gasteiger partial charge in [-0.1, -0.05) is 11.6 Å².